The molecule has 1 heterocycles. The fourth-order valence-corrected chi connectivity index (χ4v) is 2.68. The van der Waals surface area contributed by atoms with Gasteiger partial charge in [-0.25, -0.2) is 9.79 Å². The second kappa shape index (κ2) is 6.50. The SMILES string of the molecule is COc1ccc(-c2csc(=Nc3cccc(C(=O)O)c3)o2)cc1. The zero-order valence-electron chi connectivity index (χ0n) is 12.2. The summed E-state index contributed by atoms with van der Waals surface area (Å²) in [4.78, 5) is 15.8. The normalized spacial score (nSPS) is 11.4. The van der Waals surface area contributed by atoms with Gasteiger partial charge in [0, 0.05) is 10.9 Å². The summed E-state index contributed by atoms with van der Waals surface area (Å²) in [5, 5.41) is 10.9. The Bertz CT molecular complexity index is 893. The minimum absolute atomic E-state index is 0.193. The first-order valence-corrected chi connectivity index (χ1v) is 7.65. The van der Waals surface area contributed by atoms with E-state index in [1.54, 1.807) is 19.2 Å². The molecule has 0 saturated carbocycles. The minimum Gasteiger partial charge on any atom is -0.497 e. The van der Waals surface area contributed by atoms with E-state index in [0.29, 0.717) is 16.3 Å². The molecule has 0 aliphatic rings. The Labute approximate surface area is 136 Å². The topological polar surface area (TPSA) is 72.0 Å². The Morgan fingerprint density at radius 3 is 2.70 bits per heavy atom. The van der Waals surface area contributed by atoms with Crippen LogP contribution in [0.4, 0.5) is 5.69 Å². The number of methoxy groups -OCH3 is 1. The lowest BCUT2D eigenvalue weighted by Gasteiger charge is -1.99. The average Bonchev–Trinajstić information content (AvgIpc) is 3.03. The lowest BCUT2D eigenvalue weighted by molar-refractivity contribution is 0.0697. The van der Waals surface area contributed by atoms with E-state index in [-0.39, 0.29) is 5.56 Å². The summed E-state index contributed by atoms with van der Waals surface area (Å²) in [6.45, 7) is 0. The van der Waals surface area contributed by atoms with E-state index < -0.39 is 5.97 Å². The van der Waals surface area contributed by atoms with E-state index >= 15 is 0 Å². The molecule has 0 aliphatic heterocycles. The lowest BCUT2D eigenvalue weighted by atomic mass is 10.2. The van der Waals surface area contributed by atoms with Crippen LogP contribution in [0, 0.1) is 0 Å². The van der Waals surface area contributed by atoms with Crippen molar-refractivity contribution in [3.8, 4) is 17.1 Å². The molecule has 0 bridgehead atoms. The van der Waals surface area contributed by atoms with Gasteiger partial charge in [0.15, 0.2) is 0 Å². The Hall–Kier alpha value is -2.86. The maximum Gasteiger partial charge on any atom is 0.335 e. The molecule has 0 amide bonds. The highest BCUT2D eigenvalue weighted by Gasteiger charge is 2.05. The molecule has 116 valence electrons. The van der Waals surface area contributed by atoms with E-state index in [9.17, 15) is 4.79 Å². The number of nitrogens with zero attached hydrogens (tertiary/aromatic N) is 1. The van der Waals surface area contributed by atoms with E-state index in [0.717, 1.165) is 11.3 Å². The minimum atomic E-state index is -0.982. The van der Waals surface area contributed by atoms with Crippen LogP contribution in [-0.2, 0) is 0 Å². The summed E-state index contributed by atoms with van der Waals surface area (Å²) >= 11 is 1.35. The molecule has 0 spiro atoms. The number of ether oxygens (including phenoxy) is 1. The molecule has 0 atom stereocenters. The number of carboxylic acids is 1. The van der Waals surface area contributed by atoms with E-state index in [1.807, 2.05) is 29.6 Å². The molecule has 1 aromatic heterocycles. The van der Waals surface area contributed by atoms with Crippen molar-refractivity contribution in [2.75, 3.05) is 7.11 Å². The van der Waals surface area contributed by atoms with Gasteiger partial charge in [-0.15, -0.1) is 0 Å². The number of rotatable bonds is 4. The standard InChI is InChI=1S/C17H13NO4S/c1-21-14-7-5-11(6-8-14)15-10-23-17(22-15)18-13-4-2-3-12(9-13)16(19)20/h2-10H,1H3,(H,19,20). The van der Waals surface area contributed by atoms with Gasteiger partial charge in [-0.3, -0.25) is 0 Å². The number of carbonyl (C=O) groups is 1. The van der Waals surface area contributed by atoms with Crippen LogP contribution in [0.3, 0.4) is 0 Å². The molecule has 5 nitrogen and oxygen atoms in total. The molecule has 0 aliphatic carbocycles. The van der Waals surface area contributed by atoms with Crippen LogP contribution in [0.15, 0.2) is 63.3 Å². The van der Waals surface area contributed by atoms with Crippen molar-refractivity contribution in [3.63, 3.8) is 0 Å². The Kier molecular flexibility index (Phi) is 4.25. The van der Waals surface area contributed by atoms with Crippen molar-refractivity contribution in [2.45, 2.75) is 0 Å². The monoisotopic (exact) mass is 327 g/mol. The summed E-state index contributed by atoms with van der Waals surface area (Å²) in [5.41, 5.74) is 1.65. The molecular weight excluding hydrogens is 314 g/mol. The molecule has 2 aromatic carbocycles. The second-order valence-corrected chi connectivity index (χ2v) is 5.48. The molecule has 0 fully saturated rings. The maximum absolute atomic E-state index is 11.0. The maximum atomic E-state index is 11.0. The quantitative estimate of drug-likeness (QED) is 0.787. The average molecular weight is 327 g/mol. The zero-order valence-corrected chi connectivity index (χ0v) is 13.0. The van der Waals surface area contributed by atoms with Gasteiger partial charge in [-0.2, -0.15) is 0 Å². The van der Waals surface area contributed by atoms with Gasteiger partial charge in [-0.05, 0) is 42.5 Å². The van der Waals surface area contributed by atoms with Crippen LogP contribution < -0.4 is 9.60 Å². The lowest BCUT2D eigenvalue weighted by Crippen LogP contribution is -1.95. The molecule has 3 aromatic rings. The summed E-state index contributed by atoms with van der Waals surface area (Å²) in [7, 11) is 1.62. The number of aromatic carboxylic acids is 1. The van der Waals surface area contributed by atoms with Crippen molar-refractivity contribution in [1.29, 1.82) is 0 Å². The second-order valence-electron chi connectivity index (χ2n) is 4.66. The molecule has 6 heteroatoms. The highest BCUT2D eigenvalue weighted by Crippen LogP contribution is 2.23. The predicted molar refractivity (Wildman–Crippen MR) is 87.2 cm³/mol. The van der Waals surface area contributed by atoms with Gasteiger partial charge in [0.05, 0.1) is 18.4 Å². The predicted octanol–water partition coefficient (Wildman–Crippen LogP) is 3.95. The number of benzene rings is 2. The van der Waals surface area contributed by atoms with Gasteiger partial charge < -0.3 is 14.3 Å². The third-order valence-electron chi connectivity index (χ3n) is 3.15. The third kappa shape index (κ3) is 3.49. The zero-order chi connectivity index (χ0) is 16.2. The first-order chi connectivity index (χ1) is 11.2. The Morgan fingerprint density at radius 1 is 1.22 bits per heavy atom. The van der Waals surface area contributed by atoms with E-state index in [2.05, 4.69) is 4.99 Å². The summed E-state index contributed by atoms with van der Waals surface area (Å²) in [6, 6.07) is 13.9. The molecule has 3 rings (SSSR count). The highest BCUT2D eigenvalue weighted by atomic mass is 32.1. The van der Waals surface area contributed by atoms with Crippen molar-refractivity contribution < 1.29 is 19.1 Å². The van der Waals surface area contributed by atoms with Crippen molar-refractivity contribution in [3.05, 3.63) is 64.3 Å². The molecule has 23 heavy (non-hydrogen) atoms. The number of carboxylic acid groups (broad SMARTS) is 1. The number of hydrogen-bond donors (Lipinski definition) is 1. The van der Waals surface area contributed by atoms with Gasteiger partial charge in [0.25, 0.3) is 4.87 Å². The largest absolute Gasteiger partial charge is 0.497 e. The van der Waals surface area contributed by atoms with Crippen molar-refractivity contribution in [1.82, 2.24) is 0 Å². The van der Waals surface area contributed by atoms with Crippen LogP contribution in [0.5, 0.6) is 5.75 Å². The summed E-state index contributed by atoms with van der Waals surface area (Å²) in [6.07, 6.45) is 0. The van der Waals surface area contributed by atoms with Crippen LogP contribution in [-0.4, -0.2) is 18.2 Å². The van der Waals surface area contributed by atoms with Crippen LogP contribution in [0.2, 0.25) is 0 Å². The van der Waals surface area contributed by atoms with E-state index in [4.69, 9.17) is 14.3 Å². The van der Waals surface area contributed by atoms with Crippen LogP contribution in [0.25, 0.3) is 11.3 Å². The summed E-state index contributed by atoms with van der Waals surface area (Å²) in [5.74, 6) is 0.495. The van der Waals surface area contributed by atoms with E-state index in [1.165, 1.54) is 23.5 Å². The number of hydrogen-bond acceptors (Lipinski definition) is 5. The van der Waals surface area contributed by atoms with Crippen LogP contribution >= 0.6 is 11.3 Å². The van der Waals surface area contributed by atoms with Gasteiger partial charge in [-0.1, -0.05) is 17.4 Å². The molecule has 1 N–H and O–H groups in total. The Balaban J connectivity index is 1.91. The molecule has 0 unspecified atom stereocenters. The Morgan fingerprint density at radius 2 is 2.00 bits per heavy atom. The fraction of sp³-hybridized carbons (Fsp3) is 0.0588. The molecular formula is C17H13NO4S. The van der Waals surface area contributed by atoms with Crippen molar-refractivity contribution in [2.24, 2.45) is 4.99 Å². The van der Waals surface area contributed by atoms with Crippen LogP contribution in [0.1, 0.15) is 10.4 Å². The van der Waals surface area contributed by atoms with Crippen molar-refractivity contribution >= 4 is 23.0 Å². The highest BCUT2D eigenvalue weighted by molar-refractivity contribution is 7.07. The van der Waals surface area contributed by atoms with Gasteiger partial charge in [0.1, 0.15) is 11.5 Å². The summed E-state index contributed by atoms with van der Waals surface area (Å²) < 4.78 is 10.8. The van der Waals surface area contributed by atoms with Gasteiger partial charge in [0.2, 0.25) is 0 Å². The smallest absolute Gasteiger partial charge is 0.335 e. The van der Waals surface area contributed by atoms with Gasteiger partial charge >= 0.3 is 5.97 Å². The first-order valence-electron chi connectivity index (χ1n) is 6.77. The first kappa shape index (κ1) is 15.1. The fourth-order valence-electron chi connectivity index (χ4n) is 1.99. The molecule has 0 radical (unpaired) electrons. The third-order valence-corrected chi connectivity index (χ3v) is 3.86. The molecule has 0 saturated heterocycles.